The Kier molecular flexibility index (Phi) is 4.93. The molecular formula is C20H21N3O2. The Bertz CT molecular complexity index is 959. The number of hydrogen-bond acceptors (Lipinski definition) is 3. The Morgan fingerprint density at radius 1 is 1.08 bits per heavy atom. The number of para-hydroxylation sites is 1. The molecule has 5 heteroatoms. The lowest BCUT2D eigenvalue weighted by atomic mass is 10.2. The fourth-order valence-corrected chi connectivity index (χ4v) is 2.80. The van der Waals surface area contributed by atoms with E-state index in [0.717, 1.165) is 11.3 Å². The van der Waals surface area contributed by atoms with E-state index in [2.05, 4.69) is 10.3 Å². The van der Waals surface area contributed by atoms with Crippen molar-refractivity contribution in [3.8, 4) is 0 Å². The highest BCUT2D eigenvalue weighted by Gasteiger charge is 2.08. The Balaban J connectivity index is 1.64. The van der Waals surface area contributed by atoms with Gasteiger partial charge in [0.05, 0.1) is 10.9 Å². The van der Waals surface area contributed by atoms with E-state index in [1.54, 1.807) is 10.6 Å². The lowest BCUT2D eigenvalue weighted by molar-refractivity contribution is -0.116. The molecule has 5 nitrogen and oxygen atoms in total. The van der Waals surface area contributed by atoms with Gasteiger partial charge in [0, 0.05) is 18.7 Å². The van der Waals surface area contributed by atoms with E-state index in [1.807, 2.05) is 56.3 Å². The smallest absolute Gasteiger partial charge is 0.261 e. The third kappa shape index (κ3) is 3.94. The Morgan fingerprint density at radius 3 is 2.56 bits per heavy atom. The number of aryl methyl sites for hydroxylation is 2. The summed E-state index contributed by atoms with van der Waals surface area (Å²) in [5, 5.41) is 3.48. The molecule has 1 amide bonds. The monoisotopic (exact) mass is 335 g/mol. The highest BCUT2D eigenvalue weighted by atomic mass is 16.1. The number of carbonyl (C=O) groups is 1. The number of rotatable bonds is 5. The summed E-state index contributed by atoms with van der Waals surface area (Å²) in [5.74, 6) is 0.617. The first-order valence-electron chi connectivity index (χ1n) is 8.37. The van der Waals surface area contributed by atoms with Crippen LogP contribution in [0.2, 0.25) is 0 Å². The molecule has 0 fully saturated rings. The van der Waals surface area contributed by atoms with Crippen LogP contribution < -0.4 is 10.9 Å². The second-order valence-electron chi connectivity index (χ2n) is 6.15. The molecule has 0 aliphatic carbocycles. The predicted octanol–water partition coefficient (Wildman–Crippen LogP) is 3.43. The number of nitrogens with one attached hydrogen (secondary N) is 1. The van der Waals surface area contributed by atoms with Crippen LogP contribution in [0.5, 0.6) is 0 Å². The fourth-order valence-electron chi connectivity index (χ4n) is 2.80. The van der Waals surface area contributed by atoms with Gasteiger partial charge < -0.3 is 5.32 Å². The molecule has 0 radical (unpaired) electrons. The zero-order valence-corrected chi connectivity index (χ0v) is 14.5. The van der Waals surface area contributed by atoms with Gasteiger partial charge in [0.1, 0.15) is 5.82 Å². The summed E-state index contributed by atoms with van der Waals surface area (Å²) >= 11 is 0. The van der Waals surface area contributed by atoms with Crippen molar-refractivity contribution in [3.63, 3.8) is 0 Å². The van der Waals surface area contributed by atoms with Crippen LogP contribution in [0.1, 0.15) is 24.2 Å². The van der Waals surface area contributed by atoms with Gasteiger partial charge in [0.25, 0.3) is 5.56 Å². The van der Waals surface area contributed by atoms with E-state index in [4.69, 9.17) is 0 Å². The number of aromatic nitrogens is 2. The zero-order valence-electron chi connectivity index (χ0n) is 14.5. The predicted molar refractivity (Wildman–Crippen MR) is 99.8 cm³/mol. The van der Waals surface area contributed by atoms with Crippen LogP contribution in [0.25, 0.3) is 10.9 Å². The zero-order chi connectivity index (χ0) is 17.8. The van der Waals surface area contributed by atoms with Gasteiger partial charge in [0.15, 0.2) is 0 Å². The highest BCUT2D eigenvalue weighted by molar-refractivity contribution is 5.90. The maximum absolute atomic E-state index is 12.6. The van der Waals surface area contributed by atoms with Crippen LogP contribution in [-0.4, -0.2) is 15.5 Å². The fraction of sp³-hybridized carbons (Fsp3) is 0.250. The van der Waals surface area contributed by atoms with Crippen molar-refractivity contribution in [2.24, 2.45) is 0 Å². The second kappa shape index (κ2) is 7.30. The summed E-state index contributed by atoms with van der Waals surface area (Å²) < 4.78 is 1.64. The Labute approximate surface area is 146 Å². The molecule has 0 bridgehead atoms. The number of fused-ring (bicyclic) bond motifs is 1. The summed E-state index contributed by atoms with van der Waals surface area (Å²) in [4.78, 5) is 29.1. The topological polar surface area (TPSA) is 64.0 Å². The molecule has 3 rings (SSSR count). The standard InChI is InChI=1S/C20H21N3O2/c1-14-9-11-16(12-10-14)22-19(24)8-5-13-23-15(2)21-18-7-4-3-6-17(18)20(23)25/h3-4,6-7,9-12H,5,8,13H2,1-2H3,(H,22,24). The Morgan fingerprint density at radius 2 is 1.80 bits per heavy atom. The quantitative estimate of drug-likeness (QED) is 0.777. The number of carbonyl (C=O) groups excluding carboxylic acids is 1. The molecule has 1 aromatic heterocycles. The van der Waals surface area contributed by atoms with Crippen LogP contribution in [0.3, 0.4) is 0 Å². The van der Waals surface area contributed by atoms with E-state index in [-0.39, 0.29) is 11.5 Å². The largest absolute Gasteiger partial charge is 0.326 e. The maximum Gasteiger partial charge on any atom is 0.261 e. The van der Waals surface area contributed by atoms with Gasteiger partial charge in [-0.2, -0.15) is 0 Å². The molecule has 0 atom stereocenters. The SMILES string of the molecule is Cc1ccc(NC(=O)CCCn2c(C)nc3ccccc3c2=O)cc1. The van der Waals surface area contributed by atoms with Crippen molar-refractivity contribution in [3.05, 3.63) is 70.3 Å². The van der Waals surface area contributed by atoms with Gasteiger partial charge in [-0.15, -0.1) is 0 Å². The summed E-state index contributed by atoms with van der Waals surface area (Å²) in [7, 11) is 0. The van der Waals surface area contributed by atoms with Gasteiger partial charge in [-0.1, -0.05) is 29.8 Å². The first kappa shape index (κ1) is 16.9. The molecule has 1 N–H and O–H groups in total. The van der Waals surface area contributed by atoms with Gasteiger partial charge in [0.2, 0.25) is 5.91 Å². The molecule has 25 heavy (non-hydrogen) atoms. The molecule has 0 spiro atoms. The van der Waals surface area contributed by atoms with Crippen LogP contribution in [0, 0.1) is 13.8 Å². The maximum atomic E-state index is 12.6. The summed E-state index contributed by atoms with van der Waals surface area (Å²) in [6.45, 7) is 4.30. The van der Waals surface area contributed by atoms with E-state index in [9.17, 15) is 9.59 Å². The minimum Gasteiger partial charge on any atom is -0.326 e. The number of anilines is 1. The minimum atomic E-state index is -0.0537. The molecular weight excluding hydrogens is 314 g/mol. The van der Waals surface area contributed by atoms with Gasteiger partial charge in [-0.3, -0.25) is 14.2 Å². The van der Waals surface area contributed by atoms with Crippen LogP contribution in [-0.2, 0) is 11.3 Å². The summed E-state index contributed by atoms with van der Waals surface area (Å²) in [6.07, 6.45) is 0.936. The number of hydrogen-bond donors (Lipinski definition) is 1. The summed E-state index contributed by atoms with van der Waals surface area (Å²) in [6, 6.07) is 15.0. The van der Waals surface area contributed by atoms with E-state index in [1.165, 1.54) is 0 Å². The molecule has 0 saturated heterocycles. The molecule has 1 heterocycles. The van der Waals surface area contributed by atoms with Gasteiger partial charge >= 0.3 is 0 Å². The van der Waals surface area contributed by atoms with Crippen molar-refractivity contribution in [2.75, 3.05) is 5.32 Å². The lowest BCUT2D eigenvalue weighted by Gasteiger charge is -2.11. The van der Waals surface area contributed by atoms with Gasteiger partial charge in [-0.25, -0.2) is 4.98 Å². The third-order valence-electron chi connectivity index (χ3n) is 4.17. The average Bonchev–Trinajstić information content (AvgIpc) is 2.60. The molecule has 0 aliphatic rings. The first-order chi connectivity index (χ1) is 12.0. The number of benzene rings is 2. The van der Waals surface area contributed by atoms with Crippen molar-refractivity contribution in [1.29, 1.82) is 0 Å². The van der Waals surface area contributed by atoms with Gasteiger partial charge in [-0.05, 0) is 44.5 Å². The first-order valence-corrected chi connectivity index (χ1v) is 8.37. The molecule has 128 valence electrons. The van der Waals surface area contributed by atoms with E-state index in [0.29, 0.717) is 36.1 Å². The van der Waals surface area contributed by atoms with E-state index < -0.39 is 0 Å². The number of nitrogens with zero attached hydrogens (tertiary/aromatic N) is 2. The van der Waals surface area contributed by atoms with Crippen molar-refractivity contribution in [1.82, 2.24) is 9.55 Å². The minimum absolute atomic E-state index is 0.0525. The van der Waals surface area contributed by atoms with Crippen LogP contribution >= 0.6 is 0 Å². The van der Waals surface area contributed by atoms with E-state index >= 15 is 0 Å². The third-order valence-corrected chi connectivity index (χ3v) is 4.17. The van der Waals surface area contributed by atoms with Crippen molar-refractivity contribution in [2.45, 2.75) is 33.2 Å². The molecule has 0 unspecified atom stereocenters. The normalized spacial score (nSPS) is 10.8. The summed E-state index contributed by atoms with van der Waals surface area (Å²) in [5.41, 5.74) is 2.59. The lowest BCUT2D eigenvalue weighted by Crippen LogP contribution is -2.24. The van der Waals surface area contributed by atoms with Crippen LogP contribution in [0.15, 0.2) is 53.3 Å². The highest BCUT2D eigenvalue weighted by Crippen LogP contribution is 2.10. The average molecular weight is 335 g/mol. The molecule has 0 saturated carbocycles. The van der Waals surface area contributed by atoms with Crippen molar-refractivity contribution >= 4 is 22.5 Å². The molecule has 3 aromatic rings. The Hall–Kier alpha value is -2.95. The van der Waals surface area contributed by atoms with Crippen molar-refractivity contribution < 1.29 is 4.79 Å². The van der Waals surface area contributed by atoms with Crippen LogP contribution in [0.4, 0.5) is 5.69 Å². The molecule has 0 aliphatic heterocycles. The number of amides is 1. The second-order valence-corrected chi connectivity index (χ2v) is 6.15. The molecule has 2 aromatic carbocycles.